The Balaban J connectivity index is 2.72. The van der Waals surface area contributed by atoms with E-state index in [4.69, 9.17) is 0 Å². The summed E-state index contributed by atoms with van der Waals surface area (Å²) in [6, 6.07) is 2.68. The van der Waals surface area contributed by atoms with Gasteiger partial charge in [0, 0.05) is 6.04 Å². The minimum absolute atomic E-state index is 0.276. The third-order valence-electron chi connectivity index (χ3n) is 2.41. The van der Waals surface area contributed by atoms with E-state index >= 15 is 0 Å². The molecule has 0 radical (unpaired) electrons. The maximum absolute atomic E-state index is 12.2. The number of hydrogen-bond acceptors (Lipinski definition) is 2. The van der Waals surface area contributed by atoms with Gasteiger partial charge in [-0.1, -0.05) is 13.8 Å². The average molecular weight is 232 g/mol. The number of alkyl halides is 3. The molecule has 0 aliphatic heterocycles. The summed E-state index contributed by atoms with van der Waals surface area (Å²) < 4.78 is 36.7. The zero-order valence-corrected chi connectivity index (χ0v) is 9.30. The van der Waals surface area contributed by atoms with Crippen LogP contribution in [0.5, 0.6) is 0 Å². The van der Waals surface area contributed by atoms with E-state index in [1.807, 2.05) is 13.8 Å². The largest absolute Gasteiger partial charge is 0.433 e. The number of nitrogens with zero attached hydrogens (tertiary/aromatic N) is 1. The summed E-state index contributed by atoms with van der Waals surface area (Å²) in [6.07, 6.45) is -1.29. The lowest BCUT2D eigenvalue weighted by Crippen LogP contribution is -2.17. The van der Waals surface area contributed by atoms with Crippen LogP contribution < -0.4 is 5.32 Å². The molecule has 0 bridgehead atoms. The second-order valence-corrected chi connectivity index (χ2v) is 3.59. The fourth-order valence-corrected chi connectivity index (χ4v) is 1.38. The Morgan fingerprint density at radius 1 is 1.25 bits per heavy atom. The van der Waals surface area contributed by atoms with Crippen molar-refractivity contribution in [3.05, 3.63) is 24.0 Å². The van der Waals surface area contributed by atoms with Crippen molar-refractivity contribution in [1.29, 1.82) is 0 Å². The van der Waals surface area contributed by atoms with Gasteiger partial charge in [-0.15, -0.1) is 0 Å². The Kier molecular flexibility index (Phi) is 4.15. The van der Waals surface area contributed by atoms with Gasteiger partial charge in [0.15, 0.2) is 0 Å². The first-order valence-electron chi connectivity index (χ1n) is 5.27. The fraction of sp³-hybridized carbons (Fsp3) is 0.545. The lowest BCUT2D eigenvalue weighted by atomic mass is 10.1. The summed E-state index contributed by atoms with van der Waals surface area (Å²) >= 11 is 0. The van der Waals surface area contributed by atoms with E-state index in [9.17, 15) is 13.2 Å². The molecule has 5 heteroatoms. The van der Waals surface area contributed by atoms with Gasteiger partial charge in [-0.3, -0.25) is 0 Å². The van der Waals surface area contributed by atoms with E-state index in [0.29, 0.717) is 5.69 Å². The van der Waals surface area contributed by atoms with E-state index in [-0.39, 0.29) is 6.04 Å². The summed E-state index contributed by atoms with van der Waals surface area (Å²) in [7, 11) is 0. The lowest BCUT2D eigenvalue weighted by Gasteiger charge is -2.16. The van der Waals surface area contributed by atoms with Crippen molar-refractivity contribution in [2.24, 2.45) is 0 Å². The topological polar surface area (TPSA) is 24.9 Å². The highest BCUT2D eigenvalue weighted by Gasteiger charge is 2.32. The number of rotatable bonds is 4. The van der Waals surface area contributed by atoms with Crippen molar-refractivity contribution in [3.63, 3.8) is 0 Å². The van der Waals surface area contributed by atoms with Crippen LogP contribution >= 0.6 is 0 Å². The van der Waals surface area contributed by atoms with Crippen molar-refractivity contribution in [2.75, 3.05) is 5.32 Å². The van der Waals surface area contributed by atoms with E-state index in [1.54, 1.807) is 0 Å². The normalized spacial score (nSPS) is 11.9. The predicted molar refractivity (Wildman–Crippen MR) is 57.2 cm³/mol. The predicted octanol–water partition coefficient (Wildman–Crippen LogP) is 3.70. The summed E-state index contributed by atoms with van der Waals surface area (Å²) in [4.78, 5) is 3.38. The highest BCUT2D eigenvalue weighted by molar-refractivity contribution is 5.42. The molecule has 0 unspecified atom stereocenters. The molecule has 1 N–H and O–H groups in total. The van der Waals surface area contributed by atoms with Crippen LogP contribution in [0.1, 0.15) is 32.4 Å². The first-order chi connectivity index (χ1) is 7.47. The van der Waals surface area contributed by atoms with Crippen LogP contribution in [0.3, 0.4) is 0 Å². The molecule has 1 aromatic rings. The third kappa shape index (κ3) is 3.40. The lowest BCUT2D eigenvalue weighted by molar-refractivity contribution is -0.141. The molecular formula is C11H15F3N2. The second kappa shape index (κ2) is 5.18. The minimum Gasteiger partial charge on any atom is -0.381 e. The molecule has 0 atom stereocenters. The maximum Gasteiger partial charge on any atom is 0.433 e. The third-order valence-corrected chi connectivity index (χ3v) is 2.41. The van der Waals surface area contributed by atoms with Crippen LogP contribution in [0.4, 0.5) is 18.9 Å². The highest BCUT2D eigenvalue weighted by Crippen LogP contribution is 2.27. The van der Waals surface area contributed by atoms with Gasteiger partial charge < -0.3 is 5.32 Å². The average Bonchev–Trinajstić information content (AvgIpc) is 2.25. The first kappa shape index (κ1) is 12.8. The summed E-state index contributed by atoms with van der Waals surface area (Å²) in [5, 5.41) is 3.13. The molecule has 0 fully saturated rings. The Morgan fingerprint density at radius 3 is 2.25 bits per heavy atom. The molecule has 16 heavy (non-hydrogen) atoms. The van der Waals surface area contributed by atoms with Gasteiger partial charge >= 0.3 is 6.18 Å². The van der Waals surface area contributed by atoms with Crippen LogP contribution in [0.2, 0.25) is 0 Å². The van der Waals surface area contributed by atoms with Gasteiger partial charge in [0.2, 0.25) is 0 Å². The quantitative estimate of drug-likeness (QED) is 0.856. The molecule has 0 aliphatic carbocycles. The molecular weight excluding hydrogens is 217 g/mol. The van der Waals surface area contributed by atoms with Crippen molar-refractivity contribution in [2.45, 2.75) is 38.9 Å². The summed E-state index contributed by atoms with van der Waals surface area (Å²) in [5.74, 6) is 0. The fourth-order valence-electron chi connectivity index (χ4n) is 1.38. The van der Waals surface area contributed by atoms with Gasteiger partial charge in [-0.2, -0.15) is 13.2 Å². The molecule has 0 spiro atoms. The van der Waals surface area contributed by atoms with Crippen LogP contribution in [-0.4, -0.2) is 11.0 Å². The molecule has 0 amide bonds. The molecule has 0 saturated carbocycles. The summed E-state index contributed by atoms with van der Waals surface area (Å²) in [5.41, 5.74) is -0.232. The van der Waals surface area contributed by atoms with E-state index in [2.05, 4.69) is 10.3 Å². The van der Waals surface area contributed by atoms with Gasteiger partial charge in [0.05, 0.1) is 11.9 Å². The van der Waals surface area contributed by atoms with Crippen LogP contribution in [0, 0.1) is 0 Å². The number of anilines is 1. The minimum atomic E-state index is -4.37. The molecule has 0 aromatic carbocycles. The van der Waals surface area contributed by atoms with E-state index in [1.165, 1.54) is 12.3 Å². The number of aromatic nitrogens is 1. The standard InChI is InChI=1S/C11H15F3N2/c1-3-8(4-2)16-9-5-6-10(15-7-9)11(12,13)14/h5-8,16H,3-4H2,1-2H3. The zero-order chi connectivity index (χ0) is 12.2. The number of halogens is 3. The molecule has 90 valence electrons. The van der Waals surface area contributed by atoms with Gasteiger partial charge in [0.25, 0.3) is 0 Å². The van der Waals surface area contributed by atoms with Gasteiger partial charge in [-0.25, -0.2) is 4.98 Å². The SMILES string of the molecule is CCC(CC)Nc1ccc(C(F)(F)F)nc1. The van der Waals surface area contributed by atoms with Crippen molar-refractivity contribution in [3.8, 4) is 0 Å². The number of nitrogens with one attached hydrogen (secondary N) is 1. The molecule has 1 rings (SSSR count). The van der Waals surface area contributed by atoms with Gasteiger partial charge in [-0.05, 0) is 25.0 Å². The van der Waals surface area contributed by atoms with Crippen LogP contribution in [-0.2, 0) is 6.18 Å². The Hall–Kier alpha value is -1.26. The smallest absolute Gasteiger partial charge is 0.381 e. The molecule has 2 nitrogen and oxygen atoms in total. The Bertz CT molecular complexity index is 315. The van der Waals surface area contributed by atoms with Crippen LogP contribution in [0.15, 0.2) is 18.3 Å². The first-order valence-corrected chi connectivity index (χ1v) is 5.27. The van der Waals surface area contributed by atoms with E-state index < -0.39 is 11.9 Å². The molecule has 0 aliphatic rings. The Morgan fingerprint density at radius 2 is 1.88 bits per heavy atom. The maximum atomic E-state index is 12.2. The monoisotopic (exact) mass is 232 g/mol. The second-order valence-electron chi connectivity index (χ2n) is 3.59. The number of hydrogen-bond donors (Lipinski definition) is 1. The van der Waals surface area contributed by atoms with Crippen molar-refractivity contribution < 1.29 is 13.2 Å². The molecule has 0 saturated heterocycles. The van der Waals surface area contributed by atoms with Crippen LogP contribution in [0.25, 0.3) is 0 Å². The summed E-state index contributed by atoms with van der Waals surface area (Å²) in [6.45, 7) is 4.05. The van der Waals surface area contributed by atoms with Crippen molar-refractivity contribution >= 4 is 5.69 Å². The van der Waals surface area contributed by atoms with E-state index in [0.717, 1.165) is 18.9 Å². The molecule has 1 aromatic heterocycles. The highest BCUT2D eigenvalue weighted by atomic mass is 19.4. The number of pyridine rings is 1. The van der Waals surface area contributed by atoms with Crippen molar-refractivity contribution in [1.82, 2.24) is 4.98 Å². The Labute approximate surface area is 92.9 Å². The van der Waals surface area contributed by atoms with Gasteiger partial charge in [0.1, 0.15) is 5.69 Å². The molecule has 1 heterocycles. The zero-order valence-electron chi connectivity index (χ0n) is 9.30.